The number of primary amides is 1. The fraction of sp³-hybridized carbons (Fsp3) is 0.533. The molecule has 1 aromatic carbocycles. The molecule has 3 aliphatic carbocycles. The second-order valence-electron chi connectivity index (χ2n) is 12.5. The van der Waals surface area contributed by atoms with Gasteiger partial charge in [0.25, 0.3) is 5.91 Å². The van der Waals surface area contributed by atoms with Crippen LogP contribution in [0.3, 0.4) is 0 Å². The van der Waals surface area contributed by atoms with Gasteiger partial charge in [-0.1, -0.05) is 34.6 Å². The lowest BCUT2D eigenvalue weighted by Crippen LogP contribution is -2.62. The Bertz CT molecular complexity index is 1410. The van der Waals surface area contributed by atoms with Crippen LogP contribution in [0.1, 0.15) is 76.5 Å². The van der Waals surface area contributed by atoms with E-state index in [1.807, 2.05) is 52.8 Å². The van der Waals surface area contributed by atoms with Crippen LogP contribution in [0.5, 0.6) is 5.75 Å². The lowest BCUT2D eigenvalue weighted by atomic mass is 9.51. The smallest absolute Gasteiger partial charge is 0.255 e. The van der Waals surface area contributed by atoms with Crippen molar-refractivity contribution in [2.45, 2.75) is 70.8 Å². The summed E-state index contributed by atoms with van der Waals surface area (Å²) in [5.74, 6) is -8.88. The number of phenols is 1. The number of amides is 1. The van der Waals surface area contributed by atoms with Crippen molar-refractivity contribution >= 4 is 34.7 Å². The molecule has 1 saturated carbocycles. The summed E-state index contributed by atoms with van der Waals surface area (Å²) < 4.78 is 0. The molecular weight excluding hydrogens is 516 g/mol. The number of nitrogens with two attached hydrogens (primary N) is 1. The number of phenolic OH excluding ortho intramolecular Hbond substituents is 1. The monoisotopic (exact) mass is 554 g/mol. The first kappa shape index (κ1) is 29.3. The van der Waals surface area contributed by atoms with Gasteiger partial charge in [0.1, 0.15) is 28.6 Å². The second-order valence-corrected chi connectivity index (χ2v) is 12.5. The van der Waals surface area contributed by atoms with Crippen LogP contribution < -0.4 is 10.6 Å². The van der Waals surface area contributed by atoms with Gasteiger partial charge in [-0.05, 0) is 28.9 Å². The normalized spacial score (nSPS) is 28.2. The van der Waals surface area contributed by atoms with Crippen molar-refractivity contribution < 1.29 is 39.6 Å². The highest BCUT2D eigenvalue weighted by Crippen LogP contribution is 2.60. The van der Waals surface area contributed by atoms with E-state index in [-0.39, 0.29) is 35.5 Å². The topological polar surface area (TPSA) is 178 Å². The van der Waals surface area contributed by atoms with Crippen molar-refractivity contribution in [2.75, 3.05) is 19.0 Å². The average Bonchev–Trinajstić information content (AvgIpc) is 2.84. The molecule has 10 nitrogen and oxygen atoms in total. The number of carbonyl (C=O) groups is 4. The van der Waals surface area contributed by atoms with Crippen molar-refractivity contribution in [3.63, 3.8) is 0 Å². The third kappa shape index (κ3) is 3.95. The Morgan fingerprint density at radius 2 is 1.75 bits per heavy atom. The summed E-state index contributed by atoms with van der Waals surface area (Å²) in [6.07, 6.45) is -0.488. The fourth-order valence-corrected chi connectivity index (χ4v) is 6.95. The molecule has 0 heterocycles. The molecule has 1 aromatic rings. The molecule has 0 bridgehead atoms. The first-order valence-electron chi connectivity index (χ1n) is 13.5. The number of ketones is 3. The maximum Gasteiger partial charge on any atom is 0.255 e. The Morgan fingerprint density at radius 1 is 1.15 bits per heavy atom. The van der Waals surface area contributed by atoms with Gasteiger partial charge in [-0.15, -0.1) is 0 Å². The number of aliphatic hydroxyl groups is 3. The molecule has 6 N–H and O–H groups in total. The van der Waals surface area contributed by atoms with Gasteiger partial charge in [0.05, 0.1) is 5.56 Å². The van der Waals surface area contributed by atoms with E-state index in [2.05, 4.69) is 0 Å². The van der Waals surface area contributed by atoms with Gasteiger partial charge in [0, 0.05) is 62.0 Å². The van der Waals surface area contributed by atoms with Gasteiger partial charge in [0.2, 0.25) is 5.78 Å². The Morgan fingerprint density at radius 3 is 2.25 bits per heavy atom. The first-order valence-corrected chi connectivity index (χ1v) is 13.5. The number of Topliss-reactive ketones (excluding diaryl/α,β-unsaturated/α-hetero) is 3. The number of hydrogen-bond acceptors (Lipinski definition) is 9. The van der Waals surface area contributed by atoms with Crippen LogP contribution in [-0.2, 0) is 24.6 Å². The van der Waals surface area contributed by atoms with Gasteiger partial charge >= 0.3 is 0 Å². The summed E-state index contributed by atoms with van der Waals surface area (Å²) in [4.78, 5) is 53.9. The molecule has 1 fully saturated rings. The summed E-state index contributed by atoms with van der Waals surface area (Å²) >= 11 is 0. The Hall–Kier alpha value is -3.66. The number of benzene rings is 1. The van der Waals surface area contributed by atoms with E-state index >= 15 is 0 Å². The molecular formula is C30H38N2O8. The molecule has 5 atom stereocenters. The zero-order chi connectivity index (χ0) is 30.2. The number of nitrogens with zero attached hydrogens (tertiary/aromatic N) is 1. The molecule has 0 saturated heterocycles. The van der Waals surface area contributed by atoms with Crippen LogP contribution in [0.25, 0.3) is 5.76 Å². The number of rotatable bonds is 5. The molecule has 4 rings (SSSR count). The highest BCUT2D eigenvalue weighted by atomic mass is 16.3. The molecule has 10 heteroatoms. The first-order chi connectivity index (χ1) is 18.4. The van der Waals surface area contributed by atoms with Crippen LogP contribution in [-0.4, -0.2) is 63.4 Å². The van der Waals surface area contributed by atoms with E-state index in [0.29, 0.717) is 16.8 Å². The summed E-state index contributed by atoms with van der Waals surface area (Å²) in [6, 6.07) is 1.84. The van der Waals surface area contributed by atoms with Gasteiger partial charge in [0.15, 0.2) is 11.4 Å². The third-order valence-electron chi connectivity index (χ3n) is 8.92. The van der Waals surface area contributed by atoms with E-state index in [0.717, 1.165) is 0 Å². The highest BCUT2D eigenvalue weighted by Gasteiger charge is 2.65. The zero-order valence-corrected chi connectivity index (χ0v) is 24.0. The predicted molar refractivity (Wildman–Crippen MR) is 148 cm³/mol. The van der Waals surface area contributed by atoms with Crippen LogP contribution in [0.15, 0.2) is 23.0 Å². The van der Waals surface area contributed by atoms with Gasteiger partial charge < -0.3 is 31.1 Å². The predicted octanol–water partition coefficient (Wildman–Crippen LogP) is 2.94. The Kier molecular flexibility index (Phi) is 6.94. The zero-order valence-electron chi connectivity index (χ0n) is 24.0. The Labute approximate surface area is 233 Å². The largest absolute Gasteiger partial charge is 0.508 e. The number of aromatic hydroxyl groups is 1. The van der Waals surface area contributed by atoms with Gasteiger partial charge in [-0.3, -0.25) is 19.2 Å². The number of anilines is 1. The van der Waals surface area contributed by atoms with Gasteiger partial charge in [-0.25, -0.2) is 0 Å². The molecule has 0 unspecified atom stereocenters. The maximum absolute atomic E-state index is 14.2. The number of fused-ring (bicyclic) bond motifs is 3. The van der Waals surface area contributed by atoms with E-state index in [4.69, 9.17) is 5.73 Å². The molecule has 1 amide bonds. The van der Waals surface area contributed by atoms with Crippen LogP contribution >= 0.6 is 0 Å². The highest BCUT2D eigenvalue weighted by molar-refractivity contribution is 6.23. The second kappa shape index (κ2) is 9.47. The Balaban J connectivity index is 2.13. The standard InChI is InChI=1S/C30H38N2O8/c1-8-13(33)9-14-15-11-18(34)21(28(31)39)26(37)30(15,40)27(38)23-19(14)12(2)20-17(32(6)7)10-16(29(3,4)5)24(35)22(20)25(23)36/h10,12,14-15,19,35-37,40H,8-9,11H2,1-7H3,(H2,31,39)/t12-,14-,15-,19+,30-/m1/s1. The number of aliphatic hydroxyl groups excluding tert-OH is 2. The van der Waals surface area contributed by atoms with E-state index < -0.39 is 75.7 Å². The lowest BCUT2D eigenvalue weighted by Gasteiger charge is -2.52. The minimum atomic E-state index is -2.77. The molecule has 0 aromatic heterocycles. The third-order valence-corrected chi connectivity index (χ3v) is 8.92. The van der Waals surface area contributed by atoms with Crippen LogP contribution in [0.4, 0.5) is 5.69 Å². The molecule has 3 aliphatic rings. The summed E-state index contributed by atoms with van der Waals surface area (Å²) in [6.45, 7) is 9.17. The minimum Gasteiger partial charge on any atom is -0.508 e. The van der Waals surface area contributed by atoms with Crippen molar-refractivity contribution in [2.24, 2.45) is 23.5 Å². The summed E-state index contributed by atoms with van der Waals surface area (Å²) in [7, 11) is 3.64. The number of carbonyl (C=O) groups excluding carboxylic acids is 4. The molecule has 0 aliphatic heterocycles. The average molecular weight is 555 g/mol. The minimum absolute atomic E-state index is 0.0383. The van der Waals surface area contributed by atoms with Crippen molar-refractivity contribution in [3.05, 3.63) is 39.7 Å². The fourth-order valence-electron chi connectivity index (χ4n) is 6.95. The van der Waals surface area contributed by atoms with E-state index in [9.17, 15) is 39.6 Å². The van der Waals surface area contributed by atoms with Crippen molar-refractivity contribution in [3.8, 4) is 5.75 Å². The van der Waals surface area contributed by atoms with E-state index in [1.165, 1.54) is 0 Å². The summed E-state index contributed by atoms with van der Waals surface area (Å²) in [5, 5.41) is 46.2. The SMILES string of the molecule is CCC(=O)C[C@H]1[C@H]2C(=C(O)c3c(O)c(C(C)(C)C)cc(N(C)C)c3[C@@H]2C)C(=O)[C@]2(O)C(O)=C(C(N)=O)C(=O)C[C@H]12. The quantitative estimate of drug-likeness (QED) is 0.342. The van der Waals surface area contributed by atoms with Crippen molar-refractivity contribution in [1.82, 2.24) is 0 Å². The number of hydrogen-bond donors (Lipinski definition) is 5. The molecule has 40 heavy (non-hydrogen) atoms. The van der Waals surface area contributed by atoms with Gasteiger partial charge in [-0.2, -0.15) is 0 Å². The van der Waals surface area contributed by atoms with E-state index in [1.54, 1.807) is 6.92 Å². The van der Waals surface area contributed by atoms with Crippen molar-refractivity contribution in [1.29, 1.82) is 0 Å². The lowest BCUT2D eigenvalue weighted by molar-refractivity contribution is -0.155. The molecule has 216 valence electrons. The van der Waals surface area contributed by atoms with Crippen LogP contribution in [0, 0.1) is 17.8 Å². The molecule has 0 spiro atoms. The van der Waals surface area contributed by atoms with Crippen LogP contribution in [0.2, 0.25) is 0 Å². The molecule has 0 radical (unpaired) electrons. The summed E-state index contributed by atoms with van der Waals surface area (Å²) in [5.41, 5.74) is 2.69. The maximum atomic E-state index is 14.2.